The molecule has 26 heavy (non-hydrogen) atoms. The van der Waals surface area contributed by atoms with Gasteiger partial charge in [0.2, 0.25) is 0 Å². The average Bonchev–Trinajstić information content (AvgIpc) is 2.70. The second-order valence-electron chi connectivity index (χ2n) is 6.79. The summed E-state index contributed by atoms with van der Waals surface area (Å²) in [6, 6.07) is 19.7. The van der Waals surface area contributed by atoms with Crippen molar-refractivity contribution in [1.29, 1.82) is 0 Å². The third kappa shape index (κ3) is 6.35. The first-order valence-corrected chi connectivity index (χ1v) is 10.6. The summed E-state index contributed by atoms with van der Waals surface area (Å²) in [6.07, 6.45) is 1.19. The van der Waals surface area contributed by atoms with Crippen LogP contribution in [0.2, 0.25) is 0 Å². The van der Waals surface area contributed by atoms with Gasteiger partial charge < -0.3 is 9.64 Å². The maximum atomic E-state index is 5.47. The van der Waals surface area contributed by atoms with Gasteiger partial charge in [-0.3, -0.25) is 4.90 Å². The SMILES string of the molecule is Cc1ccc(N(CCCSc2ccccc2)CCN2CCOCC2)cc1. The van der Waals surface area contributed by atoms with Crippen LogP contribution in [0.5, 0.6) is 0 Å². The van der Waals surface area contributed by atoms with Crippen molar-refractivity contribution in [3.63, 3.8) is 0 Å². The van der Waals surface area contributed by atoms with Crippen molar-refractivity contribution in [2.24, 2.45) is 0 Å². The van der Waals surface area contributed by atoms with Gasteiger partial charge in [-0.25, -0.2) is 0 Å². The molecule has 1 fully saturated rings. The molecule has 0 aromatic heterocycles. The Morgan fingerprint density at radius 1 is 0.962 bits per heavy atom. The van der Waals surface area contributed by atoms with E-state index in [1.807, 2.05) is 11.8 Å². The van der Waals surface area contributed by atoms with Gasteiger partial charge in [0.1, 0.15) is 0 Å². The van der Waals surface area contributed by atoms with Crippen molar-refractivity contribution in [2.75, 3.05) is 56.6 Å². The molecule has 1 saturated heterocycles. The predicted molar refractivity (Wildman–Crippen MR) is 112 cm³/mol. The summed E-state index contributed by atoms with van der Waals surface area (Å²) in [4.78, 5) is 6.42. The maximum Gasteiger partial charge on any atom is 0.0594 e. The number of hydrogen-bond donors (Lipinski definition) is 0. The van der Waals surface area contributed by atoms with Crippen LogP contribution in [-0.4, -0.2) is 56.6 Å². The molecule has 0 unspecified atom stereocenters. The molecule has 0 aliphatic carbocycles. The van der Waals surface area contributed by atoms with Gasteiger partial charge in [0.05, 0.1) is 13.2 Å². The zero-order chi connectivity index (χ0) is 18.0. The second kappa shape index (κ2) is 10.6. The summed E-state index contributed by atoms with van der Waals surface area (Å²) in [7, 11) is 0. The van der Waals surface area contributed by atoms with Crippen molar-refractivity contribution in [3.05, 3.63) is 60.2 Å². The Balaban J connectivity index is 1.50. The fourth-order valence-corrected chi connectivity index (χ4v) is 4.03. The largest absolute Gasteiger partial charge is 0.379 e. The van der Waals surface area contributed by atoms with Gasteiger partial charge in [0, 0.05) is 43.3 Å². The van der Waals surface area contributed by atoms with Crippen molar-refractivity contribution < 1.29 is 4.74 Å². The highest BCUT2D eigenvalue weighted by molar-refractivity contribution is 7.99. The van der Waals surface area contributed by atoms with E-state index in [-0.39, 0.29) is 0 Å². The third-order valence-electron chi connectivity index (χ3n) is 4.77. The standard InChI is InChI=1S/C22H30N2OS/c1-20-8-10-21(11-9-20)24(14-13-23-15-17-25-18-16-23)12-5-19-26-22-6-3-2-4-7-22/h2-4,6-11H,5,12-19H2,1H3. The van der Waals surface area contributed by atoms with Crippen LogP contribution in [0.3, 0.4) is 0 Å². The lowest BCUT2D eigenvalue weighted by Crippen LogP contribution is -2.41. The zero-order valence-corrected chi connectivity index (χ0v) is 16.6. The van der Waals surface area contributed by atoms with Crippen LogP contribution in [0.15, 0.2) is 59.5 Å². The highest BCUT2D eigenvalue weighted by atomic mass is 32.2. The van der Waals surface area contributed by atoms with Crippen LogP contribution < -0.4 is 4.90 Å². The van der Waals surface area contributed by atoms with Gasteiger partial charge in [-0.15, -0.1) is 11.8 Å². The molecule has 3 rings (SSSR count). The van der Waals surface area contributed by atoms with Crippen LogP contribution in [-0.2, 0) is 4.74 Å². The van der Waals surface area contributed by atoms with E-state index in [0.717, 1.165) is 51.7 Å². The molecule has 0 bridgehead atoms. The molecule has 0 atom stereocenters. The summed E-state index contributed by atoms with van der Waals surface area (Å²) >= 11 is 1.95. The van der Waals surface area contributed by atoms with Gasteiger partial charge in [-0.2, -0.15) is 0 Å². The number of morpholine rings is 1. The van der Waals surface area contributed by atoms with Crippen LogP contribution in [0.4, 0.5) is 5.69 Å². The minimum absolute atomic E-state index is 0.873. The summed E-state index contributed by atoms with van der Waals surface area (Å²) in [5, 5.41) is 0. The smallest absolute Gasteiger partial charge is 0.0594 e. The molecule has 0 N–H and O–H groups in total. The monoisotopic (exact) mass is 370 g/mol. The fourth-order valence-electron chi connectivity index (χ4n) is 3.17. The second-order valence-corrected chi connectivity index (χ2v) is 7.96. The van der Waals surface area contributed by atoms with Gasteiger partial charge in [-0.05, 0) is 43.4 Å². The Kier molecular flexibility index (Phi) is 7.87. The first kappa shape index (κ1) is 19.3. The van der Waals surface area contributed by atoms with E-state index in [4.69, 9.17) is 4.74 Å². The Morgan fingerprint density at radius 2 is 1.69 bits per heavy atom. The van der Waals surface area contributed by atoms with E-state index in [1.165, 1.54) is 22.6 Å². The predicted octanol–water partition coefficient (Wildman–Crippen LogP) is 4.32. The number of hydrogen-bond acceptors (Lipinski definition) is 4. The normalized spacial score (nSPS) is 15.1. The molecule has 0 spiro atoms. The Morgan fingerprint density at radius 3 is 2.42 bits per heavy atom. The minimum Gasteiger partial charge on any atom is -0.379 e. The van der Waals surface area contributed by atoms with Gasteiger partial charge in [-0.1, -0.05) is 35.9 Å². The van der Waals surface area contributed by atoms with Crippen molar-refractivity contribution in [1.82, 2.24) is 4.90 Å². The number of anilines is 1. The molecule has 1 aliphatic heterocycles. The molecule has 2 aromatic rings. The molecule has 4 heteroatoms. The van der Waals surface area contributed by atoms with E-state index in [0.29, 0.717) is 0 Å². The molecular weight excluding hydrogens is 340 g/mol. The highest BCUT2D eigenvalue weighted by Gasteiger charge is 2.13. The fraction of sp³-hybridized carbons (Fsp3) is 0.455. The lowest BCUT2D eigenvalue weighted by Gasteiger charge is -2.31. The summed E-state index contributed by atoms with van der Waals surface area (Å²) < 4.78 is 5.47. The molecular formula is C22H30N2OS. The highest BCUT2D eigenvalue weighted by Crippen LogP contribution is 2.20. The number of thioether (sulfide) groups is 1. The van der Waals surface area contributed by atoms with E-state index in [1.54, 1.807) is 0 Å². The molecule has 0 radical (unpaired) electrons. The number of ether oxygens (including phenoxy) is 1. The summed E-state index contributed by atoms with van der Waals surface area (Å²) in [6.45, 7) is 9.32. The number of nitrogens with zero attached hydrogens (tertiary/aromatic N) is 2. The molecule has 140 valence electrons. The van der Waals surface area contributed by atoms with Gasteiger partial charge >= 0.3 is 0 Å². The third-order valence-corrected chi connectivity index (χ3v) is 5.87. The lowest BCUT2D eigenvalue weighted by atomic mass is 10.2. The number of rotatable bonds is 9. The molecule has 1 heterocycles. The zero-order valence-electron chi connectivity index (χ0n) is 15.8. The topological polar surface area (TPSA) is 15.7 Å². The van der Waals surface area contributed by atoms with Crippen molar-refractivity contribution in [3.8, 4) is 0 Å². The number of benzene rings is 2. The van der Waals surface area contributed by atoms with E-state index in [9.17, 15) is 0 Å². The van der Waals surface area contributed by atoms with Crippen LogP contribution in [0.25, 0.3) is 0 Å². The molecule has 0 amide bonds. The molecule has 1 aliphatic rings. The van der Waals surface area contributed by atoms with Gasteiger partial charge in [0.15, 0.2) is 0 Å². The molecule has 3 nitrogen and oxygen atoms in total. The maximum absolute atomic E-state index is 5.47. The quantitative estimate of drug-likeness (QED) is 0.482. The summed E-state index contributed by atoms with van der Waals surface area (Å²) in [5.41, 5.74) is 2.66. The summed E-state index contributed by atoms with van der Waals surface area (Å²) in [5.74, 6) is 1.16. The Labute approximate surface area is 162 Å². The number of aryl methyl sites for hydroxylation is 1. The van der Waals surface area contributed by atoms with E-state index >= 15 is 0 Å². The first-order valence-electron chi connectivity index (χ1n) is 9.61. The molecule has 0 saturated carbocycles. The van der Waals surface area contributed by atoms with E-state index in [2.05, 4.69) is 71.3 Å². The minimum atomic E-state index is 0.873. The average molecular weight is 371 g/mol. The van der Waals surface area contributed by atoms with E-state index < -0.39 is 0 Å². The Hall–Kier alpha value is -1.49. The van der Waals surface area contributed by atoms with Crippen molar-refractivity contribution in [2.45, 2.75) is 18.2 Å². The lowest BCUT2D eigenvalue weighted by molar-refractivity contribution is 0.0392. The first-order chi connectivity index (χ1) is 12.8. The van der Waals surface area contributed by atoms with Crippen LogP contribution in [0.1, 0.15) is 12.0 Å². The van der Waals surface area contributed by atoms with Gasteiger partial charge in [0.25, 0.3) is 0 Å². The molecule has 2 aromatic carbocycles. The van der Waals surface area contributed by atoms with Crippen LogP contribution in [0, 0.1) is 6.92 Å². The van der Waals surface area contributed by atoms with Crippen molar-refractivity contribution >= 4 is 17.4 Å². The Bertz CT molecular complexity index is 626. The van der Waals surface area contributed by atoms with Crippen LogP contribution >= 0.6 is 11.8 Å².